The van der Waals surface area contributed by atoms with Crippen molar-refractivity contribution in [2.24, 2.45) is 0 Å². The van der Waals surface area contributed by atoms with Gasteiger partial charge in [-0.25, -0.2) is 0 Å². The molecular formula is C19H27N3O2S. The highest BCUT2D eigenvalue weighted by Gasteiger charge is 2.27. The normalized spacial score (nSPS) is 19.9. The van der Waals surface area contributed by atoms with Crippen LogP contribution in [0, 0.1) is 0 Å². The number of thioether (sulfide) groups is 1. The van der Waals surface area contributed by atoms with Crippen LogP contribution in [0.3, 0.4) is 0 Å². The van der Waals surface area contributed by atoms with Crippen molar-refractivity contribution in [3.63, 3.8) is 0 Å². The van der Waals surface area contributed by atoms with Crippen LogP contribution in [0.5, 0.6) is 0 Å². The van der Waals surface area contributed by atoms with Gasteiger partial charge in [0, 0.05) is 44.2 Å². The van der Waals surface area contributed by atoms with E-state index in [1.807, 2.05) is 47.1 Å². The van der Waals surface area contributed by atoms with Gasteiger partial charge >= 0.3 is 0 Å². The number of nitrogens with zero attached hydrogens (tertiary/aromatic N) is 3. The van der Waals surface area contributed by atoms with E-state index >= 15 is 0 Å². The summed E-state index contributed by atoms with van der Waals surface area (Å²) in [5, 5.41) is -0.0832. The van der Waals surface area contributed by atoms with Gasteiger partial charge in [0.25, 0.3) is 0 Å². The molecule has 1 aromatic rings. The number of benzene rings is 1. The average Bonchev–Trinajstić information content (AvgIpc) is 3.17. The average molecular weight is 362 g/mol. The maximum Gasteiger partial charge on any atom is 0.236 e. The van der Waals surface area contributed by atoms with E-state index in [-0.39, 0.29) is 17.1 Å². The molecule has 0 spiro atoms. The standard InChI is InChI=1S/C19H27N3O2S/c1-16(25-17-7-3-2-4-8-17)19(24)22-13-11-20(12-14-22)15-18(23)21-9-5-6-10-21/h2-4,7-8,16H,5-6,9-15H2,1H3. The van der Waals surface area contributed by atoms with Gasteiger partial charge in [-0.3, -0.25) is 14.5 Å². The molecule has 0 N–H and O–H groups in total. The lowest BCUT2D eigenvalue weighted by Gasteiger charge is -2.36. The second kappa shape index (κ2) is 8.72. The van der Waals surface area contributed by atoms with Crippen molar-refractivity contribution in [3.05, 3.63) is 30.3 Å². The summed E-state index contributed by atoms with van der Waals surface area (Å²) in [6.07, 6.45) is 2.26. The molecule has 0 bridgehead atoms. The van der Waals surface area contributed by atoms with Gasteiger partial charge in [-0.15, -0.1) is 11.8 Å². The van der Waals surface area contributed by atoms with Crippen LogP contribution >= 0.6 is 11.8 Å². The highest BCUT2D eigenvalue weighted by molar-refractivity contribution is 8.00. The first-order valence-corrected chi connectivity index (χ1v) is 10.0. The number of hydrogen-bond acceptors (Lipinski definition) is 4. The third-order valence-electron chi connectivity index (χ3n) is 4.91. The van der Waals surface area contributed by atoms with Gasteiger partial charge in [-0.1, -0.05) is 18.2 Å². The van der Waals surface area contributed by atoms with Crippen LogP contribution in [-0.2, 0) is 9.59 Å². The van der Waals surface area contributed by atoms with E-state index in [1.54, 1.807) is 11.8 Å². The fraction of sp³-hybridized carbons (Fsp3) is 0.579. The number of amides is 2. The summed E-state index contributed by atoms with van der Waals surface area (Å²) in [6, 6.07) is 10.1. The van der Waals surface area contributed by atoms with Gasteiger partial charge < -0.3 is 9.80 Å². The highest BCUT2D eigenvalue weighted by atomic mass is 32.2. The van der Waals surface area contributed by atoms with Crippen molar-refractivity contribution >= 4 is 23.6 Å². The number of hydrogen-bond donors (Lipinski definition) is 0. The summed E-state index contributed by atoms with van der Waals surface area (Å²) in [4.78, 5) is 32.1. The molecule has 3 rings (SSSR count). The maximum absolute atomic E-state index is 12.7. The zero-order chi connectivity index (χ0) is 17.6. The highest BCUT2D eigenvalue weighted by Crippen LogP contribution is 2.24. The van der Waals surface area contributed by atoms with Crippen LogP contribution < -0.4 is 0 Å². The number of carbonyl (C=O) groups is 2. The van der Waals surface area contributed by atoms with Crippen LogP contribution in [0.1, 0.15) is 19.8 Å². The van der Waals surface area contributed by atoms with Gasteiger partial charge in [-0.05, 0) is 31.9 Å². The Morgan fingerprint density at radius 2 is 1.60 bits per heavy atom. The fourth-order valence-electron chi connectivity index (χ4n) is 3.39. The first kappa shape index (κ1) is 18.3. The molecule has 5 nitrogen and oxygen atoms in total. The van der Waals surface area contributed by atoms with Crippen molar-refractivity contribution in [1.82, 2.24) is 14.7 Å². The topological polar surface area (TPSA) is 43.9 Å². The molecule has 0 radical (unpaired) electrons. The zero-order valence-corrected chi connectivity index (χ0v) is 15.7. The largest absolute Gasteiger partial charge is 0.342 e. The first-order chi connectivity index (χ1) is 12.1. The molecule has 2 saturated heterocycles. The Hall–Kier alpha value is -1.53. The predicted molar refractivity (Wildman–Crippen MR) is 101 cm³/mol. The van der Waals surface area contributed by atoms with E-state index in [9.17, 15) is 9.59 Å². The molecule has 0 aliphatic carbocycles. The molecule has 1 aromatic carbocycles. The molecule has 0 aromatic heterocycles. The van der Waals surface area contributed by atoms with Crippen LogP contribution in [0.2, 0.25) is 0 Å². The first-order valence-electron chi connectivity index (χ1n) is 9.14. The molecule has 2 aliphatic rings. The third kappa shape index (κ3) is 4.98. The van der Waals surface area contributed by atoms with Crippen LogP contribution in [0.15, 0.2) is 35.2 Å². The molecule has 2 fully saturated rings. The lowest BCUT2D eigenvalue weighted by molar-refractivity contribution is -0.134. The van der Waals surface area contributed by atoms with Crippen LogP contribution in [-0.4, -0.2) is 77.6 Å². The Balaban J connectivity index is 1.43. The van der Waals surface area contributed by atoms with E-state index in [4.69, 9.17) is 0 Å². The minimum atomic E-state index is -0.0832. The Morgan fingerprint density at radius 3 is 2.24 bits per heavy atom. The second-order valence-corrected chi connectivity index (χ2v) is 8.18. The van der Waals surface area contributed by atoms with Crippen molar-refractivity contribution in [1.29, 1.82) is 0 Å². The van der Waals surface area contributed by atoms with Gasteiger partial charge in [0.2, 0.25) is 11.8 Å². The number of piperazine rings is 1. The van der Waals surface area contributed by atoms with Crippen molar-refractivity contribution in [2.45, 2.75) is 29.9 Å². The molecule has 136 valence electrons. The van der Waals surface area contributed by atoms with E-state index in [0.29, 0.717) is 19.6 Å². The summed E-state index contributed by atoms with van der Waals surface area (Å²) in [7, 11) is 0. The fourth-order valence-corrected chi connectivity index (χ4v) is 4.37. The molecule has 1 atom stereocenters. The predicted octanol–water partition coefficient (Wildman–Crippen LogP) is 1.93. The minimum Gasteiger partial charge on any atom is -0.342 e. The molecule has 0 saturated carbocycles. The quantitative estimate of drug-likeness (QED) is 0.752. The zero-order valence-electron chi connectivity index (χ0n) is 14.9. The van der Waals surface area contributed by atoms with E-state index in [0.717, 1.165) is 43.9 Å². The number of likely N-dealkylation sites (tertiary alicyclic amines) is 1. The number of carbonyl (C=O) groups excluding carboxylic acids is 2. The Morgan fingerprint density at radius 1 is 0.960 bits per heavy atom. The molecule has 6 heteroatoms. The summed E-state index contributed by atoms with van der Waals surface area (Å²) < 4.78 is 0. The maximum atomic E-state index is 12.7. The monoisotopic (exact) mass is 361 g/mol. The number of rotatable bonds is 5. The van der Waals surface area contributed by atoms with E-state index in [1.165, 1.54) is 0 Å². The lowest BCUT2D eigenvalue weighted by Crippen LogP contribution is -2.52. The summed E-state index contributed by atoms with van der Waals surface area (Å²) in [5.74, 6) is 0.435. The molecule has 25 heavy (non-hydrogen) atoms. The van der Waals surface area contributed by atoms with E-state index in [2.05, 4.69) is 4.90 Å². The van der Waals surface area contributed by atoms with Gasteiger partial charge in [0.15, 0.2) is 0 Å². The van der Waals surface area contributed by atoms with Gasteiger partial charge in [0.05, 0.1) is 11.8 Å². The van der Waals surface area contributed by atoms with Crippen molar-refractivity contribution in [2.75, 3.05) is 45.8 Å². The molecule has 2 heterocycles. The lowest BCUT2D eigenvalue weighted by atomic mass is 10.2. The van der Waals surface area contributed by atoms with Crippen LogP contribution in [0.25, 0.3) is 0 Å². The molecular weight excluding hydrogens is 334 g/mol. The Kier molecular flexibility index (Phi) is 6.37. The van der Waals surface area contributed by atoms with Gasteiger partial charge in [-0.2, -0.15) is 0 Å². The summed E-state index contributed by atoms with van der Waals surface area (Å²) in [6.45, 7) is 7.29. The summed E-state index contributed by atoms with van der Waals surface area (Å²) >= 11 is 1.61. The SMILES string of the molecule is CC(Sc1ccccc1)C(=O)N1CCN(CC(=O)N2CCCC2)CC1. The van der Waals surface area contributed by atoms with E-state index < -0.39 is 0 Å². The minimum absolute atomic E-state index is 0.0832. The molecule has 2 aliphatic heterocycles. The van der Waals surface area contributed by atoms with Crippen molar-refractivity contribution < 1.29 is 9.59 Å². The van der Waals surface area contributed by atoms with Crippen LogP contribution in [0.4, 0.5) is 0 Å². The Bertz CT molecular complexity index is 582. The molecule has 1 unspecified atom stereocenters. The van der Waals surface area contributed by atoms with Crippen molar-refractivity contribution in [3.8, 4) is 0 Å². The third-order valence-corrected chi connectivity index (χ3v) is 6.00. The second-order valence-electron chi connectivity index (χ2n) is 6.76. The molecule has 2 amide bonds. The summed E-state index contributed by atoms with van der Waals surface area (Å²) in [5.41, 5.74) is 0. The van der Waals surface area contributed by atoms with Gasteiger partial charge in [0.1, 0.15) is 0 Å². The smallest absolute Gasteiger partial charge is 0.236 e. The Labute approximate surface area is 154 Å².